The number of alkyl halides is 2. The monoisotopic (exact) mass is 1020 g/mol. The quantitative estimate of drug-likeness (QED) is 0.0240. The average Bonchev–Trinajstić information content (AvgIpc) is 3.30. The second-order valence-electron chi connectivity index (χ2n) is 18.1. The van der Waals surface area contributed by atoms with Crippen LogP contribution in [0.15, 0.2) is 36.4 Å². The minimum atomic E-state index is -1.96. The number of halogens is 2. The fraction of sp³-hybridized carbons (Fsp3) is 0.583. The lowest BCUT2D eigenvalue weighted by molar-refractivity contribution is -0.141. The van der Waals surface area contributed by atoms with Crippen LogP contribution in [0.2, 0.25) is 18.1 Å². The van der Waals surface area contributed by atoms with E-state index in [9.17, 15) is 43.5 Å². The first kappa shape index (κ1) is 61.9. The van der Waals surface area contributed by atoms with Crippen LogP contribution in [0.1, 0.15) is 122 Å². The SMILES string of the molecule is COC(=O)CCCCC(=O)N[C@@H](C)C(=O)N[C@@H](C)C(=O)Nc1cc(CCl)cc(CO[Si](C)(C)C(C)(C)C)c1.COC(=O)CCCCC(=O)N[C@@H](C)C(=O)N[C@@H](C)C(=O)Nc1cc(CO)cc(CCl)c1. The molecule has 0 fully saturated rings. The van der Waals surface area contributed by atoms with E-state index in [2.05, 4.69) is 75.2 Å². The largest absolute Gasteiger partial charge is 0.469 e. The molecule has 0 bridgehead atoms. The van der Waals surface area contributed by atoms with Crippen LogP contribution in [-0.4, -0.2) is 99.2 Å². The molecule has 0 unspecified atom stereocenters. The highest BCUT2D eigenvalue weighted by molar-refractivity contribution is 6.74. The van der Waals surface area contributed by atoms with E-state index < -0.39 is 56.1 Å². The number of hydrogen-bond donors (Lipinski definition) is 7. The number of carbonyl (C=O) groups excluding carboxylic acids is 8. The van der Waals surface area contributed by atoms with Crippen LogP contribution in [0, 0.1) is 0 Å². The van der Waals surface area contributed by atoms with E-state index >= 15 is 0 Å². The molecule has 0 spiro atoms. The Hall–Kier alpha value is -5.08. The number of unbranched alkanes of at least 4 members (excludes halogenated alkanes) is 2. The number of amides is 6. The van der Waals surface area contributed by atoms with E-state index in [0.717, 1.165) is 16.7 Å². The van der Waals surface area contributed by atoms with Gasteiger partial charge in [-0.25, -0.2) is 0 Å². The van der Waals surface area contributed by atoms with Crippen LogP contribution in [0.25, 0.3) is 0 Å². The normalized spacial score (nSPS) is 12.9. The van der Waals surface area contributed by atoms with Gasteiger partial charge < -0.3 is 50.9 Å². The van der Waals surface area contributed by atoms with Gasteiger partial charge in [0.2, 0.25) is 35.4 Å². The predicted molar refractivity (Wildman–Crippen MR) is 269 cm³/mol. The van der Waals surface area contributed by atoms with Crippen LogP contribution >= 0.6 is 23.2 Å². The molecule has 21 heteroatoms. The highest BCUT2D eigenvalue weighted by Crippen LogP contribution is 2.37. The summed E-state index contributed by atoms with van der Waals surface area (Å²) in [5.74, 6) is -2.61. The van der Waals surface area contributed by atoms with Crippen molar-refractivity contribution in [3.05, 3.63) is 58.7 Å². The predicted octanol–water partition coefficient (Wildman–Crippen LogP) is 6.23. The maximum atomic E-state index is 12.8. The average molecular weight is 1030 g/mol. The molecule has 0 aliphatic carbocycles. The Kier molecular flexibility index (Phi) is 28.0. The summed E-state index contributed by atoms with van der Waals surface area (Å²) in [6, 6.07) is 7.28. The van der Waals surface area contributed by atoms with Crippen molar-refractivity contribution in [2.75, 3.05) is 24.9 Å². The molecule has 0 radical (unpaired) electrons. The molecule has 0 heterocycles. The third kappa shape index (κ3) is 24.4. The van der Waals surface area contributed by atoms with Crippen molar-refractivity contribution in [2.45, 2.75) is 167 Å². The summed E-state index contributed by atoms with van der Waals surface area (Å²) < 4.78 is 15.4. The first-order chi connectivity index (χ1) is 32.3. The molecule has 69 heavy (non-hydrogen) atoms. The molecule has 2 rings (SSSR count). The minimum Gasteiger partial charge on any atom is -0.469 e. The van der Waals surface area contributed by atoms with Gasteiger partial charge in [-0.15, -0.1) is 23.2 Å². The Morgan fingerprint density at radius 1 is 0.551 bits per heavy atom. The summed E-state index contributed by atoms with van der Waals surface area (Å²) in [5, 5.41) is 25.3. The fourth-order valence-electron chi connectivity index (χ4n) is 5.86. The highest BCUT2D eigenvalue weighted by atomic mass is 35.5. The molecule has 0 aliphatic rings. The van der Waals surface area contributed by atoms with Crippen molar-refractivity contribution in [1.82, 2.24) is 21.3 Å². The number of anilines is 2. The lowest BCUT2D eigenvalue weighted by atomic mass is 10.1. The van der Waals surface area contributed by atoms with Crippen molar-refractivity contribution in [3.8, 4) is 0 Å². The van der Waals surface area contributed by atoms with Crippen LogP contribution < -0.4 is 31.9 Å². The van der Waals surface area contributed by atoms with Gasteiger partial charge in [0.1, 0.15) is 24.2 Å². The number of rotatable bonds is 26. The van der Waals surface area contributed by atoms with E-state index in [4.69, 9.17) is 27.6 Å². The molecule has 2 aromatic rings. The van der Waals surface area contributed by atoms with Crippen LogP contribution in [0.3, 0.4) is 0 Å². The molecule has 7 N–H and O–H groups in total. The number of aliphatic hydroxyl groups is 1. The van der Waals surface area contributed by atoms with Gasteiger partial charge in [0, 0.05) is 48.8 Å². The number of aliphatic hydroxyl groups excluding tert-OH is 1. The second-order valence-corrected chi connectivity index (χ2v) is 23.5. The number of esters is 2. The van der Waals surface area contributed by atoms with E-state index in [1.165, 1.54) is 28.1 Å². The number of nitrogens with one attached hydrogen (secondary N) is 6. The third-order valence-corrected chi connectivity index (χ3v) is 16.2. The van der Waals surface area contributed by atoms with E-state index in [-0.39, 0.29) is 72.8 Å². The van der Waals surface area contributed by atoms with Gasteiger partial charge in [-0.05, 0) is 118 Å². The van der Waals surface area contributed by atoms with Crippen molar-refractivity contribution in [2.24, 2.45) is 0 Å². The smallest absolute Gasteiger partial charge is 0.305 e. The standard InChI is InChI=1S/C27H44ClN3O6Si.C21H30ClN3O6/c1-18(29-23(32)11-9-10-12-24(33)36-6)25(34)30-19(2)26(35)31-22-14-20(16-28)13-21(15-22)17-37-38(7,8)27(3,4)5;1-13(23-18(27)6-4-5-7-19(28)31-3)20(29)24-14(2)21(30)25-17-9-15(11-22)8-16(10-17)12-26/h13-15,18-19H,9-12,16-17H2,1-8H3,(H,29,32)(H,30,34)(H,31,35);8-10,13-14,26H,4-7,11-12H2,1-3H3,(H,23,27)(H,24,29)(H,25,30)/t18-,19-;13-,14-/m00/s1. The first-order valence-corrected chi connectivity index (χ1v) is 26.8. The first-order valence-electron chi connectivity index (χ1n) is 22.9. The molecular formula is C48H74Cl2N6O12Si. The molecular weight excluding hydrogens is 952 g/mol. The minimum absolute atomic E-state index is 0.0723. The highest BCUT2D eigenvalue weighted by Gasteiger charge is 2.37. The Balaban J connectivity index is 0.000000704. The summed E-state index contributed by atoms with van der Waals surface area (Å²) >= 11 is 11.9. The van der Waals surface area contributed by atoms with Crippen LogP contribution in [0.4, 0.5) is 11.4 Å². The maximum absolute atomic E-state index is 12.8. The fourth-order valence-corrected chi connectivity index (χ4v) is 7.13. The Morgan fingerprint density at radius 3 is 1.26 bits per heavy atom. The Morgan fingerprint density at radius 2 is 0.899 bits per heavy atom. The van der Waals surface area contributed by atoms with Crippen LogP contribution in [-0.2, 0) is 77.2 Å². The van der Waals surface area contributed by atoms with Gasteiger partial charge in [0.15, 0.2) is 8.32 Å². The zero-order valence-corrected chi connectivity index (χ0v) is 44.5. The summed E-state index contributed by atoms with van der Waals surface area (Å²) in [7, 11) is 0.666. The van der Waals surface area contributed by atoms with Gasteiger partial charge in [0.05, 0.1) is 27.4 Å². The molecule has 6 amide bonds. The Bertz CT molecular complexity index is 2030. The van der Waals surface area contributed by atoms with Crippen molar-refractivity contribution in [3.63, 3.8) is 0 Å². The molecule has 0 saturated carbocycles. The van der Waals surface area contributed by atoms with E-state index in [0.29, 0.717) is 49.2 Å². The summed E-state index contributed by atoms with van der Waals surface area (Å²) in [4.78, 5) is 96.2. The molecule has 0 saturated heterocycles. The van der Waals surface area contributed by atoms with Crippen molar-refractivity contribution >= 4 is 90.3 Å². The lowest BCUT2D eigenvalue weighted by Gasteiger charge is -2.36. The number of methoxy groups -OCH3 is 2. The number of hydrogen-bond acceptors (Lipinski definition) is 12. The van der Waals surface area contributed by atoms with Gasteiger partial charge in [-0.1, -0.05) is 32.9 Å². The van der Waals surface area contributed by atoms with Gasteiger partial charge >= 0.3 is 11.9 Å². The van der Waals surface area contributed by atoms with Gasteiger partial charge in [-0.2, -0.15) is 0 Å². The third-order valence-electron chi connectivity index (χ3n) is 11.1. The summed E-state index contributed by atoms with van der Waals surface area (Å²) in [6.07, 6.45) is 2.86. The zero-order chi connectivity index (χ0) is 52.5. The van der Waals surface area contributed by atoms with E-state index in [1.54, 1.807) is 38.1 Å². The zero-order valence-electron chi connectivity index (χ0n) is 42.0. The number of benzene rings is 2. The van der Waals surface area contributed by atoms with Gasteiger partial charge in [0.25, 0.3) is 0 Å². The Labute approximate surface area is 417 Å². The molecule has 4 atom stereocenters. The van der Waals surface area contributed by atoms with Crippen molar-refractivity contribution < 1.29 is 57.4 Å². The number of carbonyl (C=O) groups is 8. The topological polar surface area (TPSA) is 257 Å². The number of ether oxygens (including phenoxy) is 2. The maximum Gasteiger partial charge on any atom is 0.305 e. The molecule has 0 aromatic heterocycles. The second kappa shape index (κ2) is 31.2. The lowest BCUT2D eigenvalue weighted by Crippen LogP contribution is -2.50. The van der Waals surface area contributed by atoms with Gasteiger partial charge in [-0.3, -0.25) is 38.4 Å². The van der Waals surface area contributed by atoms with E-state index in [1.807, 2.05) is 12.1 Å². The molecule has 0 aliphatic heterocycles. The van der Waals surface area contributed by atoms with Crippen LogP contribution in [0.5, 0.6) is 0 Å². The summed E-state index contributed by atoms with van der Waals surface area (Å²) in [6.45, 7) is 17.3. The van der Waals surface area contributed by atoms with Crippen molar-refractivity contribution in [1.29, 1.82) is 0 Å². The summed E-state index contributed by atoms with van der Waals surface area (Å²) in [5.41, 5.74) is 4.12. The molecule has 18 nitrogen and oxygen atoms in total. The molecule has 2 aromatic carbocycles. The molecule has 386 valence electrons.